The second kappa shape index (κ2) is 4.27. The van der Waals surface area contributed by atoms with E-state index in [1.807, 2.05) is 6.08 Å². The molecule has 0 aliphatic heterocycles. The van der Waals surface area contributed by atoms with Gasteiger partial charge in [0.1, 0.15) is 0 Å². The fourth-order valence-corrected chi connectivity index (χ4v) is 1.95. The molecule has 0 unspecified atom stereocenters. The zero-order chi connectivity index (χ0) is 8.97. The third-order valence-corrected chi connectivity index (χ3v) is 2.69. The van der Waals surface area contributed by atoms with Crippen LogP contribution in [0.25, 0.3) is 12.2 Å². The predicted octanol–water partition coefficient (Wildman–Crippen LogP) is 4.12. The van der Waals surface area contributed by atoms with Crippen LogP contribution < -0.4 is 0 Å². The van der Waals surface area contributed by atoms with Crippen molar-refractivity contribution in [3.05, 3.63) is 34.0 Å². The summed E-state index contributed by atoms with van der Waals surface area (Å²) in [7, 11) is 0. The van der Waals surface area contributed by atoms with Crippen molar-refractivity contribution in [2.75, 3.05) is 0 Å². The normalized spacial score (nSPS) is 10.8. The van der Waals surface area contributed by atoms with Gasteiger partial charge >= 0.3 is 0 Å². The van der Waals surface area contributed by atoms with Crippen LogP contribution >= 0.6 is 11.3 Å². The molecule has 0 bridgehead atoms. The number of hydrogen-bond acceptors (Lipinski definition) is 1. The number of thiophene rings is 1. The number of allylic oxidation sites excluding steroid dienone is 1. The van der Waals surface area contributed by atoms with Gasteiger partial charge in [-0.25, -0.2) is 0 Å². The van der Waals surface area contributed by atoms with Gasteiger partial charge in [-0.1, -0.05) is 31.7 Å². The first-order chi connectivity index (χ1) is 5.77. The summed E-state index contributed by atoms with van der Waals surface area (Å²) in [5.74, 6) is 0. The molecule has 0 fully saturated rings. The summed E-state index contributed by atoms with van der Waals surface area (Å²) in [5.41, 5.74) is 1.30. The average Bonchev–Trinajstić information content (AvgIpc) is 2.42. The van der Waals surface area contributed by atoms with Gasteiger partial charge in [-0.05, 0) is 25.0 Å². The van der Waals surface area contributed by atoms with E-state index < -0.39 is 0 Å². The molecule has 0 saturated carbocycles. The first kappa shape index (κ1) is 9.27. The Labute approximate surface area is 78.2 Å². The molecule has 0 N–H and O–H groups in total. The molecular weight excluding hydrogens is 164 g/mol. The highest BCUT2D eigenvalue weighted by Gasteiger charge is 1.98. The van der Waals surface area contributed by atoms with E-state index in [2.05, 4.69) is 38.6 Å². The van der Waals surface area contributed by atoms with Crippen molar-refractivity contribution in [1.29, 1.82) is 0 Å². The van der Waals surface area contributed by atoms with E-state index in [4.69, 9.17) is 0 Å². The fourth-order valence-electron chi connectivity index (χ4n) is 1.09. The monoisotopic (exact) mass is 178 g/mol. The lowest BCUT2D eigenvalue weighted by molar-refractivity contribution is 1.23. The summed E-state index contributed by atoms with van der Waals surface area (Å²) in [6.07, 6.45) is 7.35. The molecule has 1 aromatic heterocycles. The van der Waals surface area contributed by atoms with Crippen LogP contribution in [0.15, 0.2) is 18.7 Å². The molecule has 0 aliphatic rings. The molecule has 0 atom stereocenters. The van der Waals surface area contributed by atoms with E-state index in [1.54, 1.807) is 11.3 Å². The third-order valence-electron chi connectivity index (χ3n) is 1.63. The molecule has 1 heterocycles. The summed E-state index contributed by atoms with van der Waals surface area (Å²) in [6.45, 7) is 8.06. The standard InChI is InChI=1S/C11H14S/c1-4-6-7-10-8-9(3)12-11(10)5-2/h5-8H,2,4H2,1,3H3/b7-6-. The van der Waals surface area contributed by atoms with E-state index in [9.17, 15) is 0 Å². The Morgan fingerprint density at radius 1 is 1.58 bits per heavy atom. The van der Waals surface area contributed by atoms with Crippen molar-refractivity contribution in [2.45, 2.75) is 20.3 Å². The van der Waals surface area contributed by atoms with Crippen molar-refractivity contribution in [2.24, 2.45) is 0 Å². The van der Waals surface area contributed by atoms with E-state index in [0.717, 1.165) is 6.42 Å². The Bertz CT molecular complexity index is 292. The largest absolute Gasteiger partial charge is 0.141 e. The van der Waals surface area contributed by atoms with Crippen molar-refractivity contribution >= 4 is 23.5 Å². The van der Waals surface area contributed by atoms with Gasteiger partial charge < -0.3 is 0 Å². The molecule has 0 amide bonds. The SMILES string of the molecule is C=Cc1sc(C)cc1/C=C\CC. The van der Waals surface area contributed by atoms with Gasteiger partial charge in [-0.3, -0.25) is 0 Å². The second-order valence-corrected chi connectivity index (χ2v) is 3.98. The summed E-state index contributed by atoms with van der Waals surface area (Å²) >= 11 is 1.80. The molecule has 0 nitrogen and oxygen atoms in total. The lowest BCUT2D eigenvalue weighted by atomic mass is 10.2. The van der Waals surface area contributed by atoms with E-state index in [0.29, 0.717) is 0 Å². The second-order valence-electron chi connectivity index (χ2n) is 2.69. The van der Waals surface area contributed by atoms with E-state index in [1.165, 1.54) is 15.3 Å². The van der Waals surface area contributed by atoms with E-state index >= 15 is 0 Å². The van der Waals surface area contributed by atoms with Gasteiger partial charge in [-0.2, -0.15) is 0 Å². The molecule has 12 heavy (non-hydrogen) atoms. The summed E-state index contributed by atoms with van der Waals surface area (Å²) < 4.78 is 0. The Kier molecular flexibility index (Phi) is 3.30. The molecule has 0 radical (unpaired) electrons. The summed E-state index contributed by atoms with van der Waals surface area (Å²) in [6, 6.07) is 2.20. The van der Waals surface area contributed by atoms with Gasteiger partial charge in [0.2, 0.25) is 0 Å². The molecule has 0 spiro atoms. The fraction of sp³-hybridized carbons (Fsp3) is 0.273. The molecule has 0 aromatic carbocycles. The predicted molar refractivity (Wildman–Crippen MR) is 58.5 cm³/mol. The zero-order valence-corrected chi connectivity index (χ0v) is 8.45. The molecular formula is C11H14S. The van der Waals surface area contributed by atoms with Gasteiger partial charge in [0.05, 0.1) is 0 Å². The van der Waals surface area contributed by atoms with Gasteiger partial charge in [0.25, 0.3) is 0 Å². The van der Waals surface area contributed by atoms with Crippen LogP contribution in [-0.2, 0) is 0 Å². The van der Waals surface area contributed by atoms with Gasteiger partial charge in [-0.15, -0.1) is 11.3 Å². The van der Waals surface area contributed by atoms with Crippen molar-refractivity contribution in [3.8, 4) is 0 Å². The first-order valence-corrected chi connectivity index (χ1v) is 4.99. The van der Waals surface area contributed by atoms with Gasteiger partial charge in [0.15, 0.2) is 0 Å². The smallest absolute Gasteiger partial charge is 0.0339 e. The molecule has 0 aliphatic carbocycles. The van der Waals surface area contributed by atoms with Crippen LogP contribution in [0.4, 0.5) is 0 Å². The third kappa shape index (κ3) is 2.08. The summed E-state index contributed by atoms with van der Waals surface area (Å²) in [4.78, 5) is 2.62. The molecule has 1 aromatic rings. The molecule has 0 saturated heterocycles. The van der Waals surface area contributed by atoms with Crippen LogP contribution in [0, 0.1) is 6.92 Å². The Morgan fingerprint density at radius 2 is 2.33 bits per heavy atom. The first-order valence-electron chi connectivity index (χ1n) is 4.17. The topological polar surface area (TPSA) is 0 Å². The number of rotatable bonds is 3. The maximum atomic E-state index is 3.79. The Hall–Kier alpha value is -0.820. The quantitative estimate of drug-likeness (QED) is 0.653. The minimum Gasteiger partial charge on any atom is -0.141 e. The Balaban J connectivity index is 2.96. The highest BCUT2D eigenvalue weighted by Crippen LogP contribution is 2.23. The lowest BCUT2D eigenvalue weighted by Crippen LogP contribution is -1.67. The lowest BCUT2D eigenvalue weighted by Gasteiger charge is -1.88. The van der Waals surface area contributed by atoms with Crippen molar-refractivity contribution in [1.82, 2.24) is 0 Å². The van der Waals surface area contributed by atoms with E-state index in [-0.39, 0.29) is 0 Å². The minimum absolute atomic E-state index is 1.09. The Morgan fingerprint density at radius 3 is 2.92 bits per heavy atom. The minimum atomic E-state index is 1.09. The molecule has 64 valence electrons. The number of aryl methyl sites for hydroxylation is 1. The molecule has 1 heteroatoms. The maximum Gasteiger partial charge on any atom is 0.0339 e. The molecule has 1 rings (SSSR count). The maximum absolute atomic E-state index is 3.79. The van der Waals surface area contributed by atoms with Crippen LogP contribution in [0.1, 0.15) is 28.7 Å². The highest BCUT2D eigenvalue weighted by molar-refractivity contribution is 7.13. The highest BCUT2D eigenvalue weighted by atomic mass is 32.1. The van der Waals surface area contributed by atoms with Crippen LogP contribution in [0.3, 0.4) is 0 Å². The zero-order valence-electron chi connectivity index (χ0n) is 7.63. The van der Waals surface area contributed by atoms with Crippen molar-refractivity contribution in [3.63, 3.8) is 0 Å². The van der Waals surface area contributed by atoms with Crippen molar-refractivity contribution < 1.29 is 0 Å². The average molecular weight is 178 g/mol. The number of hydrogen-bond donors (Lipinski definition) is 0. The van der Waals surface area contributed by atoms with Gasteiger partial charge in [0, 0.05) is 9.75 Å². The van der Waals surface area contributed by atoms with Crippen LogP contribution in [-0.4, -0.2) is 0 Å². The van der Waals surface area contributed by atoms with Crippen LogP contribution in [0.2, 0.25) is 0 Å². The summed E-state index contributed by atoms with van der Waals surface area (Å²) in [5, 5.41) is 0. The van der Waals surface area contributed by atoms with Crippen LogP contribution in [0.5, 0.6) is 0 Å².